The zero-order chi connectivity index (χ0) is 12.3. The number of nitrogens with zero attached hydrogens (tertiary/aromatic N) is 1. The van der Waals surface area contributed by atoms with Crippen LogP contribution in [0.5, 0.6) is 0 Å². The highest BCUT2D eigenvalue weighted by atomic mass is 16.3. The van der Waals surface area contributed by atoms with E-state index in [0.717, 1.165) is 38.8 Å². The highest BCUT2D eigenvalue weighted by Gasteiger charge is 2.33. The minimum Gasteiger partial charge on any atom is -0.396 e. The molecule has 0 spiro atoms. The van der Waals surface area contributed by atoms with Gasteiger partial charge in [-0.2, -0.15) is 0 Å². The second kappa shape index (κ2) is 5.83. The zero-order valence-corrected chi connectivity index (χ0v) is 10.5. The Morgan fingerprint density at radius 1 is 1.29 bits per heavy atom. The lowest BCUT2D eigenvalue weighted by Gasteiger charge is -2.30. The SMILES string of the molecule is NCC1CCCC(C(=O)N2CCC(CO)C2)C1. The van der Waals surface area contributed by atoms with Crippen molar-refractivity contribution in [3.8, 4) is 0 Å². The van der Waals surface area contributed by atoms with Gasteiger partial charge in [0, 0.05) is 31.5 Å². The maximum Gasteiger partial charge on any atom is 0.225 e. The van der Waals surface area contributed by atoms with Crippen molar-refractivity contribution in [1.29, 1.82) is 0 Å². The fourth-order valence-corrected chi connectivity index (χ4v) is 3.17. The minimum absolute atomic E-state index is 0.190. The van der Waals surface area contributed by atoms with Crippen LogP contribution in [0.3, 0.4) is 0 Å². The topological polar surface area (TPSA) is 66.6 Å². The molecule has 1 aliphatic heterocycles. The van der Waals surface area contributed by atoms with E-state index in [1.165, 1.54) is 6.42 Å². The molecule has 0 aromatic heterocycles. The van der Waals surface area contributed by atoms with Gasteiger partial charge in [-0.25, -0.2) is 0 Å². The van der Waals surface area contributed by atoms with Gasteiger partial charge in [-0.15, -0.1) is 0 Å². The average Bonchev–Trinajstić information content (AvgIpc) is 2.86. The number of rotatable bonds is 3. The molecular weight excluding hydrogens is 216 g/mol. The molecule has 0 radical (unpaired) electrons. The lowest BCUT2D eigenvalue weighted by atomic mass is 9.81. The van der Waals surface area contributed by atoms with Crippen molar-refractivity contribution in [1.82, 2.24) is 4.90 Å². The lowest BCUT2D eigenvalue weighted by Crippen LogP contribution is -2.37. The van der Waals surface area contributed by atoms with Gasteiger partial charge < -0.3 is 15.7 Å². The van der Waals surface area contributed by atoms with E-state index in [4.69, 9.17) is 10.8 Å². The third kappa shape index (κ3) is 2.99. The number of amides is 1. The number of aliphatic hydroxyl groups excluding tert-OH is 1. The molecule has 1 aliphatic carbocycles. The van der Waals surface area contributed by atoms with Crippen LogP contribution in [0.25, 0.3) is 0 Å². The van der Waals surface area contributed by atoms with Gasteiger partial charge in [-0.05, 0) is 38.1 Å². The van der Waals surface area contributed by atoms with E-state index in [1.54, 1.807) is 0 Å². The first kappa shape index (κ1) is 12.8. The summed E-state index contributed by atoms with van der Waals surface area (Å²) >= 11 is 0. The second-order valence-electron chi connectivity index (χ2n) is 5.59. The van der Waals surface area contributed by atoms with Crippen molar-refractivity contribution >= 4 is 5.91 Å². The summed E-state index contributed by atoms with van der Waals surface area (Å²) < 4.78 is 0. The van der Waals surface area contributed by atoms with E-state index in [9.17, 15) is 4.79 Å². The summed E-state index contributed by atoms with van der Waals surface area (Å²) in [7, 11) is 0. The summed E-state index contributed by atoms with van der Waals surface area (Å²) in [5.41, 5.74) is 5.70. The number of aliphatic hydroxyl groups is 1. The van der Waals surface area contributed by atoms with Crippen molar-refractivity contribution in [3.63, 3.8) is 0 Å². The van der Waals surface area contributed by atoms with E-state index in [0.29, 0.717) is 24.3 Å². The van der Waals surface area contributed by atoms with Crippen LogP contribution in [0.1, 0.15) is 32.1 Å². The molecule has 4 nitrogen and oxygen atoms in total. The standard InChI is InChI=1S/C13H24N2O2/c14-7-10-2-1-3-12(6-10)13(17)15-5-4-11(8-15)9-16/h10-12,16H,1-9,14H2. The Kier molecular flexibility index (Phi) is 4.40. The Labute approximate surface area is 103 Å². The second-order valence-corrected chi connectivity index (χ2v) is 5.59. The molecule has 2 rings (SSSR count). The third-order valence-electron chi connectivity index (χ3n) is 4.32. The predicted molar refractivity (Wildman–Crippen MR) is 66.3 cm³/mol. The molecule has 3 N–H and O–H groups in total. The molecule has 3 atom stereocenters. The van der Waals surface area contributed by atoms with Crippen molar-refractivity contribution in [2.24, 2.45) is 23.5 Å². The predicted octanol–water partition coefficient (Wildman–Crippen LogP) is 0.592. The molecule has 3 unspecified atom stereocenters. The van der Waals surface area contributed by atoms with Gasteiger partial charge in [0.15, 0.2) is 0 Å². The fraction of sp³-hybridized carbons (Fsp3) is 0.923. The molecule has 1 saturated carbocycles. The maximum atomic E-state index is 12.3. The van der Waals surface area contributed by atoms with E-state index < -0.39 is 0 Å². The number of likely N-dealkylation sites (tertiary alicyclic amines) is 1. The smallest absolute Gasteiger partial charge is 0.225 e. The fourth-order valence-electron chi connectivity index (χ4n) is 3.17. The Morgan fingerprint density at radius 3 is 2.76 bits per heavy atom. The van der Waals surface area contributed by atoms with Crippen LogP contribution in [-0.4, -0.2) is 42.2 Å². The first-order valence-electron chi connectivity index (χ1n) is 6.84. The zero-order valence-electron chi connectivity index (χ0n) is 10.5. The van der Waals surface area contributed by atoms with Crippen LogP contribution < -0.4 is 5.73 Å². The number of carbonyl (C=O) groups is 1. The highest BCUT2D eigenvalue weighted by molar-refractivity contribution is 5.79. The number of nitrogens with two attached hydrogens (primary N) is 1. The van der Waals surface area contributed by atoms with Crippen molar-refractivity contribution in [3.05, 3.63) is 0 Å². The van der Waals surface area contributed by atoms with Gasteiger partial charge >= 0.3 is 0 Å². The molecule has 2 fully saturated rings. The molecule has 1 amide bonds. The molecule has 0 aromatic rings. The van der Waals surface area contributed by atoms with Crippen LogP contribution >= 0.6 is 0 Å². The molecule has 4 heteroatoms. The number of carbonyl (C=O) groups excluding carboxylic acids is 1. The number of hydrogen-bond donors (Lipinski definition) is 2. The summed E-state index contributed by atoms with van der Waals surface area (Å²) in [5, 5.41) is 9.10. The lowest BCUT2D eigenvalue weighted by molar-refractivity contribution is -0.136. The van der Waals surface area contributed by atoms with Crippen LogP contribution in [0.2, 0.25) is 0 Å². The molecule has 2 aliphatic rings. The maximum absolute atomic E-state index is 12.3. The van der Waals surface area contributed by atoms with Gasteiger partial charge in [-0.3, -0.25) is 4.79 Å². The monoisotopic (exact) mass is 240 g/mol. The molecule has 98 valence electrons. The van der Waals surface area contributed by atoms with Crippen molar-refractivity contribution < 1.29 is 9.90 Å². The highest BCUT2D eigenvalue weighted by Crippen LogP contribution is 2.31. The quantitative estimate of drug-likeness (QED) is 0.759. The first-order chi connectivity index (χ1) is 8.24. The molecular formula is C13H24N2O2. The third-order valence-corrected chi connectivity index (χ3v) is 4.32. The molecule has 0 bridgehead atoms. The van der Waals surface area contributed by atoms with E-state index >= 15 is 0 Å². The van der Waals surface area contributed by atoms with Crippen molar-refractivity contribution in [2.75, 3.05) is 26.2 Å². The molecule has 1 heterocycles. The minimum atomic E-state index is 0.190. The summed E-state index contributed by atoms with van der Waals surface area (Å²) in [5.74, 6) is 1.33. The summed E-state index contributed by atoms with van der Waals surface area (Å²) in [4.78, 5) is 14.3. The van der Waals surface area contributed by atoms with Crippen LogP contribution in [0, 0.1) is 17.8 Å². The van der Waals surface area contributed by atoms with E-state index in [-0.39, 0.29) is 12.5 Å². The summed E-state index contributed by atoms with van der Waals surface area (Å²) in [6.45, 7) is 2.50. The van der Waals surface area contributed by atoms with Crippen molar-refractivity contribution in [2.45, 2.75) is 32.1 Å². The number of hydrogen-bond acceptors (Lipinski definition) is 3. The Balaban J connectivity index is 1.87. The van der Waals surface area contributed by atoms with E-state index in [1.807, 2.05) is 4.90 Å². The van der Waals surface area contributed by atoms with Gasteiger partial charge in [0.25, 0.3) is 0 Å². The largest absolute Gasteiger partial charge is 0.396 e. The summed E-state index contributed by atoms with van der Waals surface area (Å²) in [6, 6.07) is 0. The van der Waals surface area contributed by atoms with Gasteiger partial charge in [-0.1, -0.05) is 6.42 Å². The van der Waals surface area contributed by atoms with E-state index in [2.05, 4.69) is 0 Å². The van der Waals surface area contributed by atoms with Gasteiger partial charge in [0.05, 0.1) is 0 Å². The van der Waals surface area contributed by atoms with Crippen LogP contribution in [0.15, 0.2) is 0 Å². The molecule has 17 heavy (non-hydrogen) atoms. The van der Waals surface area contributed by atoms with Gasteiger partial charge in [0.2, 0.25) is 5.91 Å². The summed E-state index contributed by atoms with van der Waals surface area (Å²) in [6.07, 6.45) is 5.26. The van der Waals surface area contributed by atoms with Gasteiger partial charge in [0.1, 0.15) is 0 Å². The Bertz CT molecular complexity index is 270. The van der Waals surface area contributed by atoms with Crippen LogP contribution in [-0.2, 0) is 4.79 Å². The Morgan fingerprint density at radius 2 is 2.12 bits per heavy atom. The molecule has 0 aromatic carbocycles. The average molecular weight is 240 g/mol. The Hall–Kier alpha value is -0.610. The van der Waals surface area contributed by atoms with Crippen LogP contribution in [0.4, 0.5) is 0 Å². The molecule has 1 saturated heterocycles. The first-order valence-corrected chi connectivity index (χ1v) is 6.84. The normalized spacial score (nSPS) is 34.0.